The highest BCUT2D eigenvalue weighted by Gasteiger charge is 2.39. The molecule has 3 rings (SSSR count). The van der Waals surface area contributed by atoms with Crippen molar-refractivity contribution in [2.45, 2.75) is 31.7 Å². The lowest BCUT2D eigenvalue weighted by molar-refractivity contribution is 0.229. The molecule has 2 N–H and O–H groups in total. The van der Waals surface area contributed by atoms with Gasteiger partial charge in [-0.25, -0.2) is 8.78 Å². The molecule has 19 heavy (non-hydrogen) atoms. The highest BCUT2D eigenvalue weighted by atomic mass is 19.1. The molecule has 1 saturated carbocycles. The van der Waals surface area contributed by atoms with E-state index in [-0.39, 0.29) is 11.5 Å². The highest BCUT2D eigenvalue weighted by Crippen LogP contribution is 2.38. The van der Waals surface area contributed by atoms with Crippen LogP contribution in [0.25, 0.3) is 11.5 Å². The first kappa shape index (κ1) is 12.2. The van der Waals surface area contributed by atoms with E-state index in [4.69, 9.17) is 10.3 Å². The van der Waals surface area contributed by atoms with Crippen molar-refractivity contribution in [3.05, 3.63) is 35.2 Å². The first-order valence-corrected chi connectivity index (χ1v) is 6.09. The maximum atomic E-state index is 13.7. The lowest BCUT2D eigenvalue weighted by atomic mass is 9.77. The summed E-state index contributed by atoms with van der Waals surface area (Å²) in [7, 11) is 0. The number of aromatic nitrogens is 2. The molecule has 0 radical (unpaired) electrons. The van der Waals surface area contributed by atoms with Crippen LogP contribution in [0.1, 0.15) is 30.7 Å². The molecular formula is C13H13F2N3O. The SMILES string of the molecule is Cc1cc(-c2nc(C3(N)CCC3)no2)c(F)cc1F. The Balaban J connectivity index is 2.01. The zero-order valence-corrected chi connectivity index (χ0v) is 10.4. The normalized spacial score (nSPS) is 17.3. The molecule has 1 fully saturated rings. The molecule has 1 heterocycles. The van der Waals surface area contributed by atoms with Crippen LogP contribution < -0.4 is 5.73 Å². The molecule has 2 aromatic rings. The van der Waals surface area contributed by atoms with Crippen LogP contribution in [0.2, 0.25) is 0 Å². The van der Waals surface area contributed by atoms with Crippen molar-refractivity contribution < 1.29 is 13.3 Å². The Bertz CT molecular complexity index is 635. The third kappa shape index (κ3) is 1.92. The molecular weight excluding hydrogens is 252 g/mol. The van der Waals surface area contributed by atoms with E-state index in [1.165, 1.54) is 6.07 Å². The summed E-state index contributed by atoms with van der Waals surface area (Å²) in [5.74, 6) is -0.907. The van der Waals surface area contributed by atoms with Crippen LogP contribution in [0, 0.1) is 18.6 Å². The highest BCUT2D eigenvalue weighted by molar-refractivity contribution is 5.55. The lowest BCUT2D eigenvalue weighted by Crippen LogP contribution is -2.44. The van der Waals surface area contributed by atoms with Crippen LogP contribution in [0.3, 0.4) is 0 Å². The first-order chi connectivity index (χ1) is 8.99. The van der Waals surface area contributed by atoms with Crippen molar-refractivity contribution in [2.75, 3.05) is 0 Å². The van der Waals surface area contributed by atoms with Gasteiger partial charge < -0.3 is 10.3 Å². The molecule has 0 saturated heterocycles. The first-order valence-electron chi connectivity index (χ1n) is 6.09. The van der Waals surface area contributed by atoms with Gasteiger partial charge in [-0.2, -0.15) is 4.98 Å². The molecule has 100 valence electrons. The molecule has 0 atom stereocenters. The van der Waals surface area contributed by atoms with Gasteiger partial charge >= 0.3 is 0 Å². The quantitative estimate of drug-likeness (QED) is 0.906. The maximum Gasteiger partial charge on any atom is 0.260 e. The number of hydrogen-bond donors (Lipinski definition) is 1. The zero-order chi connectivity index (χ0) is 13.6. The van der Waals surface area contributed by atoms with Crippen molar-refractivity contribution in [2.24, 2.45) is 5.73 Å². The Kier molecular flexibility index (Phi) is 2.63. The summed E-state index contributed by atoms with van der Waals surface area (Å²) < 4.78 is 32.0. The monoisotopic (exact) mass is 265 g/mol. The van der Waals surface area contributed by atoms with Gasteiger partial charge in [-0.15, -0.1) is 0 Å². The minimum Gasteiger partial charge on any atom is -0.334 e. The van der Waals surface area contributed by atoms with Gasteiger partial charge in [0.15, 0.2) is 5.82 Å². The predicted octanol–water partition coefficient (Wildman–Crippen LogP) is 2.66. The standard InChI is InChI=1S/C13H13F2N3O/c1-7-5-8(10(15)6-9(7)14)11-17-12(18-19-11)13(16)3-2-4-13/h5-6H,2-4,16H2,1H3. The molecule has 4 nitrogen and oxygen atoms in total. The minimum atomic E-state index is -0.724. The van der Waals surface area contributed by atoms with Gasteiger partial charge in [0.25, 0.3) is 5.89 Å². The second-order valence-electron chi connectivity index (χ2n) is 5.01. The van der Waals surface area contributed by atoms with Crippen LogP contribution in [-0.2, 0) is 5.54 Å². The molecule has 0 bridgehead atoms. The van der Waals surface area contributed by atoms with Crippen LogP contribution in [0.4, 0.5) is 8.78 Å². The molecule has 6 heteroatoms. The summed E-state index contributed by atoms with van der Waals surface area (Å²) in [6.45, 7) is 1.55. The van der Waals surface area contributed by atoms with E-state index >= 15 is 0 Å². The third-order valence-electron chi connectivity index (χ3n) is 3.60. The molecule has 1 aliphatic carbocycles. The van der Waals surface area contributed by atoms with E-state index in [1.54, 1.807) is 6.92 Å². The molecule has 1 aromatic carbocycles. The van der Waals surface area contributed by atoms with E-state index in [2.05, 4.69) is 10.1 Å². The van der Waals surface area contributed by atoms with E-state index in [1.807, 2.05) is 0 Å². The van der Waals surface area contributed by atoms with Crippen molar-refractivity contribution in [3.8, 4) is 11.5 Å². The van der Waals surface area contributed by atoms with Gasteiger partial charge in [0, 0.05) is 6.07 Å². The fourth-order valence-electron chi connectivity index (χ4n) is 2.14. The molecule has 0 unspecified atom stereocenters. The Morgan fingerprint density at radius 2 is 2.00 bits per heavy atom. The number of halogens is 2. The Morgan fingerprint density at radius 3 is 2.63 bits per heavy atom. The fraction of sp³-hybridized carbons (Fsp3) is 0.385. The number of hydrogen-bond acceptors (Lipinski definition) is 4. The largest absolute Gasteiger partial charge is 0.334 e. The van der Waals surface area contributed by atoms with Crippen LogP contribution >= 0.6 is 0 Å². The zero-order valence-electron chi connectivity index (χ0n) is 10.4. The van der Waals surface area contributed by atoms with Crippen molar-refractivity contribution in [3.63, 3.8) is 0 Å². The summed E-state index contributed by atoms with van der Waals surface area (Å²) >= 11 is 0. The van der Waals surface area contributed by atoms with Gasteiger partial charge in [-0.1, -0.05) is 5.16 Å². The Labute approximate surface area is 108 Å². The smallest absolute Gasteiger partial charge is 0.260 e. The molecule has 0 amide bonds. The second kappa shape index (κ2) is 4.09. The minimum absolute atomic E-state index is 0.0346. The van der Waals surface area contributed by atoms with E-state index in [9.17, 15) is 8.78 Å². The van der Waals surface area contributed by atoms with Crippen molar-refractivity contribution in [1.29, 1.82) is 0 Å². The summed E-state index contributed by atoms with van der Waals surface area (Å²) in [5, 5.41) is 3.81. The Hall–Kier alpha value is -1.82. The second-order valence-corrected chi connectivity index (χ2v) is 5.01. The number of rotatable bonds is 2. The Morgan fingerprint density at radius 1 is 1.26 bits per heavy atom. The van der Waals surface area contributed by atoms with Gasteiger partial charge in [0.2, 0.25) is 0 Å². The summed E-state index contributed by atoms with van der Waals surface area (Å²) in [5.41, 5.74) is 5.93. The molecule has 1 aliphatic rings. The molecule has 0 aliphatic heterocycles. The van der Waals surface area contributed by atoms with E-state index in [0.717, 1.165) is 25.3 Å². The van der Waals surface area contributed by atoms with E-state index in [0.29, 0.717) is 11.4 Å². The number of nitrogens with two attached hydrogens (primary N) is 1. The number of aryl methyl sites for hydroxylation is 1. The van der Waals surface area contributed by atoms with Crippen LogP contribution in [-0.4, -0.2) is 10.1 Å². The van der Waals surface area contributed by atoms with Gasteiger partial charge in [0.05, 0.1) is 11.1 Å². The average Bonchev–Trinajstić information content (AvgIpc) is 2.80. The fourth-order valence-corrected chi connectivity index (χ4v) is 2.14. The van der Waals surface area contributed by atoms with Crippen molar-refractivity contribution in [1.82, 2.24) is 10.1 Å². The topological polar surface area (TPSA) is 64.9 Å². The van der Waals surface area contributed by atoms with Gasteiger partial charge in [0.1, 0.15) is 11.6 Å². The molecule has 1 aromatic heterocycles. The predicted molar refractivity (Wildman–Crippen MR) is 64.1 cm³/mol. The van der Waals surface area contributed by atoms with Gasteiger partial charge in [-0.05, 0) is 37.8 Å². The number of nitrogens with zero attached hydrogens (tertiary/aromatic N) is 2. The van der Waals surface area contributed by atoms with Crippen LogP contribution in [0.15, 0.2) is 16.7 Å². The number of benzene rings is 1. The maximum absolute atomic E-state index is 13.7. The van der Waals surface area contributed by atoms with E-state index < -0.39 is 17.2 Å². The third-order valence-corrected chi connectivity index (χ3v) is 3.60. The lowest BCUT2D eigenvalue weighted by Gasteiger charge is -2.34. The van der Waals surface area contributed by atoms with Crippen molar-refractivity contribution >= 4 is 0 Å². The summed E-state index contributed by atoms with van der Waals surface area (Å²) in [4.78, 5) is 4.14. The average molecular weight is 265 g/mol. The van der Waals surface area contributed by atoms with Gasteiger partial charge in [-0.3, -0.25) is 0 Å². The summed E-state index contributed by atoms with van der Waals surface area (Å²) in [6, 6.07) is 2.17. The summed E-state index contributed by atoms with van der Waals surface area (Å²) in [6.07, 6.45) is 2.60. The molecule has 0 spiro atoms. The van der Waals surface area contributed by atoms with Crippen LogP contribution in [0.5, 0.6) is 0 Å².